The van der Waals surface area contributed by atoms with Crippen LogP contribution >= 0.6 is 0 Å². The van der Waals surface area contributed by atoms with Gasteiger partial charge in [-0.1, -0.05) is 32.9 Å². The van der Waals surface area contributed by atoms with Gasteiger partial charge in [-0.25, -0.2) is 0 Å². The number of carbonyl (C=O) groups is 1. The molecule has 0 heterocycles. The fourth-order valence-corrected chi connectivity index (χ4v) is 1.59. The van der Waals surface area contributed by atoms with Crippen LogP contribution in [0.3, 0.4) is 0 Å². The highest BCUT2D eigenvalue weighted by atomic mass is 16.3. The van der Waals surface area contributed by atoms with Gasteiger partial charge in [0.05, 0.1) is 12.5 Å². The molecular weight excluding hydrogens is 214 g/mol. The second-order valence-electron chi connectivity index (χ2n) is 4.55. The topological polar surface area (TPSA) is 49.3 Å². The molecule has 3 nitrogen and oxygen atoms in total. The van der Waals surface area contributed by atoms with Crippen LogP contribution in [-0.2, 0) is 4.79 Å². The van der Waals surface area contributed by atoms with Crippen molar-refractivity contribution in [2.45, 2.75) is 33.1 Å². The van der Waals surface area contributed by atoms with Crippen LogP contribution in [0.1, 0.15) is 38.7 Å². The molecular formula is C14H21NO2. The van der Waals surface area contributed by atoms with Crippen LogP contribution in [0.15, 0.2) is 24.3 Å². The molecule has 1 rings (SSSR count). The van der Waals surface area contributed by atoms with Gasteiger partial charge in [-0.3, -0.25) is 4.79 Å². The van der Waals surface area contributed by atoms with E-state index >= 15 is 0 Å². The minimum atomic E-state index is -0.320. The van der Waals surface area contributed by atoms with E-state index in [0.717, 1.165) is 5.69 Å². The zero-order chi connectivity index (χ0) is 12.8. The Hall–Kier alpha value is -1.35. The number of anilines is 1. The highest BCUT2D eigenvalue weighted by Gasteiger charge is 2.14. The molecule has 0 spiro atoms. The average Bonchev–Trinajstić information content (AvgIpc) is 2.31. The first-order valence-corrected chi connectivity index (χ1v) is 6.10. The number of rotatable bonds is 5. The van der Waals surface area contributed by atoms with Crippen molar-refractivity contribution in [2.75, 3.05) is 11.9 Å². The zero-order valence-electron chi connectivity index (χ0n) is 10.7. The van der Waals surface area contributed by atoms with E-state index in [2.05, 4.69) is 19.2 Å². The van der Waals surface area contributed by atoms with Gasteiger partial charge in [-0.2, -0.15) is 0 Å². The molecule has 2 N–H and O–H groups in total. The first-order valence-electron chi connectivity index (χ1n) is 6.10. The third-order valence-corrected chi connectivity index (χ3v) is 2.93. The smallest absolute Gasteiger partial charge is 0.229 e. The Labute approximate surface area is 103 Å². The number of aliphatic hydroxyl groups is 1. The fourth-order valence-electron chi connectivity index (χ4n) is 1.59. The summed E-state index contributed by atoms with van der Waals surface area (Å²) < 4.78 is 0. The Morgan fingerprint density at radius 1 is 1.29 bits per heavy atom. The Bertz CT molecular complexity index is 353. The standard InChI is InChI=1S/C14H21NO2/c1-4-11(9-16)14(17)15-13-7-5-12(6-8-13)10(2)3/h5-8,10-11,16H,4,9H2,1-3H3,(H,15,17). The number of benzene rings is 1. The Balaban J connectivity index is 2.66. The highest BCUT2D eigenvalue weighted by Crippen LogP contribution is 2.17. The summed E-state index contributed by atoms with van der Waals surface area (Å²) in [4.78, 5) is 11.7. The summed E-state index contributed by atoms with van der Waals surface area (Å²) in [5.41, 5.74) is 2.03. The van der Waals surface area contributed by atoms with Crippen molar-refractivity contribution < 1.29 is 9.90 Å². The maximum atomic E-state index is 11.7. The van der Waals surface area contributed by atoms with Crippen LogP contribution in [0, 0.1) is 5.92 Å². The minimum absolute atomic E-state index is 0.105. The van der Waals surface area contributed by atoms with Gasteiger partial charge >= 0.3 is 0 Å². The van der Waals surface area contributed by atoms with Gasteiger partial charge < -0.3 is 10.4 Å². The zero-order valence-corrected chi connectivity index (χ0v) is 10.7. The second kappa shape index (κ2) is 6.40. The van der Waals surface area contributed by atoms with E-state index in [-0.39, 0.29) is 18.4 Å². The summed E-state index contributed by atoms with van der Waals surface area (Å²) in [5, 5.41) is 11.8. The monoisotopic (exact) mass is 235 g/mol. The minimum Gasteiger partial charge on any atom is -0.396 e. The van der Waals surface area contributed by atoms with Crippen molar-refractivity contribution in [3.63, 3.8) is 0 Å². The van der Waals surface area contributed by atoms with Crippen LogP contribution in [-0.4, -0.2) is 17.6 Å². The molecule has 0 aliphatic carbocycles. The first kappa shape index (κ1) is 13.7. The number of amides is 1. The predicted molar refractivity (Wildman–Crippen MR) is 70.0 cm³/mol. The van der Waals surface area contributed by atoms with Crippen molar-refractivity contribution >= 4 is 11.6 Å². The molecule has 0 saturated heterocycles. The lowest BCUT2D eigenvalue weighted by molar-refractivity contribution is -0.121. The van der Waals surface area contributed by atoms with E-state index < -0.39 is 0 Å². The van der Waals surface area contributed by atoms with Crippen LogP contribution in [0.4, 0.5) is 5.69 Å². The van der Waals surface area contributed by atoms with Crippen LogP contribution in [0.2, 0.25) is 0 Å². The number of hydrogen-bond donors (Lipinski definition) is 2. The molecule has 0 aliphatic heterocycles. The van der Waals surface area contributed by atoms with Gasteiger partial charge in [0.15, 0.2) is 0 Å². The Kier molecular flexibility index (Phi) is 5.16. The lowest BCUT2D eigenvalue weighted by atomic mass is 10.0. The molecule has 1 unspecified atom stereocenters. The van der Waals surface area contributed by atoms with E-state index in [1.54, 1.807) is 0 Å². The Morgan fingerprint density at radius 2 is 1.88 bits per heavy atom. The quantitative estimate of drug-likeness (QED) is 0.824. The third-order valence-electron chi connectivity index (χ3n) is 2.93. The molecule has 3 heteroatoms. The van der Waals surface area contributed by atoms with Crippen molar-refractivity contribution in [1.82, 2.24) is 0 Å². The van der Waals surface area contributed by atoms with Crippen molar-refractivity contribution in [1.29, 1.82) is 0 Å². The van der Waals surface area contributed by atoms with Gasteiger partial charge in [0.1, 0.15) is 0 Å². The first-order chi connectivity index (χ1) is 8.08. The van der Waals surface area contributed by atoms with Crippen molar-refractivity contribution in [3.8, 4) is 0 Å². The van der Waals surface area contributed by atoms with E-state index in [1.165, 1.54) is 5.56 Å². The van der Waals surface area contributed by atoms with E-state index in [9.17, 15) is 4.79 Å². The molecule has 0 radical (unpaired) electrons. The highest BCUT2D eigenvalue weighted by molar-refractivity contribution is 5.92. The van der Waals surface area contributed by atoms with Gasteiger partial charge in [-0.05, 0) is 30.0 Å². The number of carbonyl (C=O) groups excluding carboxylic acids is 1. The van der Waals surface area contributed by atoms with Crippen molar-refractivity contribution in [2.24, 2.45) is 5.92 Å². The molecule has 17 heavy (non-hydrogen) atoms. The van der Waals surface area contributed by atoms with Gasteiger partial charge in [-0.15, -0.1) is 0 Å². The summed E-state index contributed by atoms with van der Waals surface area (Å²) in [5.74, 6) is 0.0488. The number of nitrogens with one attached hydrogen (secondary N) is 1. The molecule has 1 amide bonds. The lowest BCUT2D eigenvalue weighted by Crippen LogP contribution is -2.24. The molecule has 0 aromatic heterocycles. The van der Waals surface area contributed by atoms with E-state index in [4.69, 9.17) is 5.11 Å². The summed E-state index contributed by atoms with van der Waals surface area (Å²) in [7, 11) is 0. The van der Waals surface area contributed by atoms with E-state index in [0.29, 0.717) is 12.3 Å². The van der Waals surface area contributed by atoms with Crippen molar-refractivity contribution in [3.05, 3.63) is 29.8 Å². The predicted octanol–water partition coefficient (Wildman–Crippen LogP) is 2.77. The molecule has 0 fully saturated rings. The fraction of sp³-hybridized carbons (Fsp3) is 0.500. The normalized spacial score (nSPS) is 12.5. The Morgan fingerprint density at radius 3 is 2.29 bits per heavy atom. The summed E-state index contributed by atoms with van der Waals surface area (Å²) in [6.07, 6.45) is 0.645. The maximum Gasteiger partial charge on any atom is 0.229 e. The van der Waals surface area contributed by atoms with Crippen LogP contribution < -0.4 is 5.32 Å². The largest absolute Gasteiger partial charge is 0.396 e. The molecule has 94 valence electrons. The molecule has 1 aromatic carbocycles. The third kappa shape index (κ3) is 3.86. The molecule has 0 bridgehead atoms. The number of hydrogen-bond acceptors (Lipinski definition) is 2. The summed E-state index contributed by atoms with van der Waals surface area (Å²) in [6.45, 7) is 6.05. The number of aliphatic hydroxyl groups excluding tert-OH is 1. The average molecular weight is 235 g/mol. The molecule has 0 aliphatic rings. The molecule has 1 atom stereocenters. The van der Waals surface area contributed by atoms with Gasteiger partial charge in [0.25, 0.3) is 0 Å². The van der Waals surface area contributed by atoms with Gasteiger partial charge in [0, 0.05) is 5.69 Å². The van der Waals surface area contributed by atoms with Crippen LogP contribution in [0.5, 0.6) is 0 Å². The van der Waals surface area contributed by atoms with E-state index in [1.807, 2.05) is 31.2 Å². The van der Waals surface area contributed by atoms with Gasteiger partial charge in [0.2, 0.25) is 5.91 Å². The van der Waals surface area contributed by atoms with Crippen LogP contribution in [0.25, 0.3) is 0 Å². The summed E-state index contributed by atoms with van der Waals surface area (Å²) in [6, 6.07) is 7.83. The maximum absolute atomic E-state index is 11.7. The molecule has 1 aromatic rings. The summed E-state index contributed by atoms with van der Waals surface area (Å²) >= 11 is 0. The SMILES string of the molecule is CCC(CO)C(=O)Nc1ccc(C(C)C)cc1. The second-order valence-corrected chi connectivity index (χ2v) is 4.55. The molecule has 0 saturated carbocycles. The lowest BCUT2D eigenvalue weighted by Gasteiger charge is -2.13.